The summed E-state index contributed by atoms with van der Waals surface area (Å²) < 4.78 is 8.96. The van der Waals surface area contributed by atoms with Crippen LogP contribution in [0.3, 0.4) is 0 Å². The van der Waals surface area contributed by atoms with Crippen molar-refractivity contribution >= 4 is 23.7 Å². The molecule has 5 nitrogen and oxygen atoms in total. The zero-order valence-corrected chi connectivity index (χ0v) is 8.23. The number of carboxylic acid groups (broad SMARTS) is 1. The number of carbonyl (C=O) groups is 2. The van der Waals surface area contributed by atoms with Gasteiger partial charge in [0.2, 0.25) is 0 Å². The summed E-state index contributed by atoms with van der Waals surface area (Å²) in [5.41, 5.74) is 0.105. The molecule has 0 unspecified atom stereocenters. The molecule has 1 aromatic carbocycles. The molecule has 0 aromatic heterocycles. The third-order valence-electron chi connectivity index (χ3n) is 1.47. The Labute approximate surface area is 90.2 Å². The first-order chi connectivity index (χ1) is 7.13. The highest BCUT2D eigenvalue weighted by Crippen LogP contribution is 2.12. The fourth-order valence-corrected chi connectivity index (χ4v) is 0.925. The molecule has 0 atom stereocenters. The average Bonchev–Trinajstić information content (AvgIpc) is 2.18. The van der Waals surface area contributed by atoms with Crippen LogP contribution in [0.2, 0.25) is 0 Å². The largest absolute Gasteiger partial charge is 0.515 e. The normalized spacial score (nSPS) is 9.40. The van der Waals surface area contributed by atoms with Gasteiger partial charge in [0.25, 0.3) is 0 Å². The van der Waals surface area contributed by atoms with Crippen LogP contribution in [0, 0.1) is 0 Å². The minimum Gasteiger partial charge on any atom is -0.478 e. The Morgan fingerprint density at radius 2 is 1.87 bits per heavy atom. The van der Waals surface area contributed by atoms with Crippen LogP contribution in [0.15, 0.2) is 24.3 Å². The molecule has 0 saturated carbocycles. The van der Waals surface area contributed by atoms with Gasteiger partial charge in [-0.1, -0.05) is 11.6 Å². The van der Waals surface area contributed by atoms with E-state index in [2.05, 4.69) is 9.47 Å². The van der Waals surface area contributed by atoms with Gasteiger partial charge < -0.3 is 14.6 Å². The van der Waals surface area contributed by atoms with Gasteiger partial charge in [-0.25, -0.2) is 9.59 Å². The Balaban J connectivity index is 2.64. The molecule has 0 fully saturated rings. The van der Waals surface area contributed by atoms with Crippen molar-refractivity contribution in [3.05, 3.63) is 29.8 Å². The number of alkyl halides is 1. The van der Waals surface area contributed by atoms with Gasteiger partial charge in [-0.2, -0.15) is 0 Å². The fraction of sp³-hybridized carbons (Fsp3) is 0.111. The van der Waals surface area contributed by atoms with Crippen molar-refractivity contribution in [3.63, 3.8) is 0 Å². The molecule has 0 aliphatic rings. The maximum absolute atomic E-state index is 10.8. The maximum atomic E-state index is 10.8. The molecule has 0 aliphatic carbocycles. The Morgan fingerprint density at radius 3 is 2.33 bits per heavy atom. The second-order valence-corrected chi connectivity index (χ2v) is 2.65. The highest BCUT2D eigenvalue weighted by atomic mass is 35.5. The number of hydrogen-bond acceptors (Lipinski definition) is 4. The van der Waals surface area contributed by atoms with E-state index in [-0.39, 0.29) is 17.4 Å². The number of carbonyl (C=O) groups excluding carboxylic acids is 1. The molecule has 1 N–H and O–H groups in total. The van der Waals surface area contributed by atoms with E-state index in [1.54, 1.807) is 0 Å². The lowest BCUT2D eigenvalue weighted by Gasteiger charge is -2.02. The van der Waals surface area contributed by atoms with Gasteiger partial charge in [-0.3, -0.25) is 0 Å². The van der Waals surface area contributed by atoms with Crippen LogP contribution in [0.4, 0.5) is 4.79 Å². The lowest BCUT2D eigenvalue weighted by molar-refractivity contribution is 0.0697. The SMILES string of the molecule is O=C(OCCl)Oc1ccc(C(=O)O)cc1. The summed E-state index contributed by atoms with van der Waals surface area (Å²) in [7, 11) is 0. The molecule has 0 heterocycles. The number of ether oxygens (including phenoxy) is 2. The van der Waals surface area contributed by atoms with Crippen LogP contribution in [0.1, 0.15) is 10.4 Å². The molecule has 0 bridgehead atoms. The lowest BCUT2D eigenvalue weighted by Crippen LogP contribution is -2.09. The number of rotatable bonds is 3. The molecule has 6 heteroatoms. The lowest BCUT2D eigenvalue weighted by atomic mass is 10.2. The van der Waals surface area contributed by atoms with Crippen LogP contribution < -0.4 is 4.74 Å². The van der Waals surface area contributed by atoms with Crippen LogP contribution >= 0.6 is 11.6 Å². The van der Waals surface area contributed by atoms with Crippen LogP contribution in [0.5, 0.6) is 5.75 Å². The van der Waals surface area contributed by atoms with Gasteiger partial charge in [-0.15, -0.1) is 0 Å². The number of carboxylic acids is 1. The minimum atomic E-state index is -1.05. The third-order valence-corrected chi connectivity index (χ3v) is 1.58. The summed E-state index contributed by atoms with van der Waals surface area (Å²) in [4.78, 5) is 21.3. The standard InChI is InChI=1S/C9H7ClO5/c10-5-14-9(13)15-7-3-1-6(2-4-7)8(11)12/h1-4H,5H2,(H,11,12). The first kappa shape index (κ1) is 11.3. The molecular weight excluding hydrogens is 224 g/mol. The highest BCUT2D eigenvalue weighted by Gasteiger charge is 2.06. The quantitative estimate of drug-likeness (QED) is 0.489. The second-order valence-electron chi connectivity index (χ2n) is 2.44. The van der Waals surface area contributed by atoms with Crippen LogP contribution in [-0.4, -0.2) is 23.3 Å². The van der Waals surface area contributed by atoms with Gasteiger partial charge in [0.1, 0.15) is 5.75 Å². The van der Waals surface area contributed by atoms with E-state index in [4.69, 9.17) is 16.7 Å². The van der Waals surface area contributed by atoms with E-state index < -0.39 is 12.1 Å². The summed E-state index contributed by atoms with van der Waals surface area (Å²) in [6.45, 7) is 0. The molecule has 0 spiro atoms. The first-order valence-corrected chi connectivity index (χ1v) is 4.41. The van der Waals surface area contributed by atoms with Gasteiger partial charge in [-0.05, 0) is 24.3 Å². The molecule has 80 valence electrons. The van der Waals surface area contributed by atoms with Gasteiger partial charge in [0.15, 0.2) is 6.07 Å². The molecule has 1 aromatic rings. The van der Waals surface area contributed by atoms with Gasteiger partial charge in [0.05, 0.1) is 5.56 Å². The summed E-state index contributed by atoms with van der Waals surface area (Å²) in [6, 6.07) is 5.02. The van der Waals surface area contributed by atoms with E-state index in [1.807, 2.05) is 0 Å². The van der Waals surface area contributed by atoms with Gasteiger partial charge >= 0.3 is 12.1 Å². The predicted molar refractivity (Wildman–Crippen MR) is 51.2 cm³/mol. The molecule has 0 radical (unpaired) electrons. The number of benzene rings is 1. The number of hydrogen-bond donors (Lipinski definition) is 1. The number of aromatic carboxylic acids is 1. The van der Waals surface area contributed by atoms with Crippen molar-refractivity contribution in [1.82, 2.24) is 0 Å². The van der Waals surface area contributed by atoms with Crippen LogP contribution in [0.25, 0.3) is 0 Å². The monoisotopic (exact) mass is 230 g/mol. The Morgan fingerprint density at radius 1 is 1.27 bits per heavy atom. The molecule has 0 amide bonds. The average molecular weight is 231 g/mol. The fourth-order valence-electron chi connectivity index (χ4n) is 0.836. The zero-order chi connectivity index (χ0) is 11.3. The van der Waals surface area contributed by atoms with Gasteiger partial charge in [0, 0.05) is 0 Å². The minimum absolute atomic E-state index is 0.105. The first-order valence-electron chi connectivity index (χ1n) is 3.87. The van der Waals surface area contributed by atoms with E-state index in [1.165, 1.54) is 24.3 Å². The Bertz CT molecular complexity index is 359. The molecule has 15 heavy (non-hydrogen) atoms. The molecule has 0 aliphatic heterocycles. The number of halogens is 1. The Kier molecular flexibility index (Phi) is 3.93. The topological polar surface area (TPSA) is 72.8 Å². The molecule has 1 rings (SSSR count). The smallest absolute Gasteiger partial charge is 0.478 e. The Hall–Kier alpha value is -1.75. The summed E-state index contributed by atoms with van der Waals surface area (Å²) in [5, 5.41) is 8.59. The predicted octanol–water partition coefficient (Wildman–Crippen LogP) is 2.10. The van der Waals surface area contributed by atoms with E-state index in [0.717, 1.165) is 0 Å². The summed E-state index contributed by atoms with van der Waals surface area (Å²) in [5.74, 6) is -0.861. The van der Waals surface area contributed by atoms with Crippen LogP contribution in [-0.2, 0) is 4.74 Å². The van der Waals surface area contributed by atoms with E-state index >= 15 is 0 Å². The van der Waals surface area contributed by atoms with Crippen molar-refractivity contribution in [1.29, 1.82) is 0 Å². The second kappa shape index (κ2) is 5.21. The van der Waals surface area contributed by atoms with Crippen molar-refractivity contribution in [2.45, 2.75) is 0 Å². The molecule has 0 saturated heterocycles. The highest BCUT2D eigenvalue weighted by molar-refractivity contribution is 6.17. The van der Waals surface area contributed by atoms with Crippen molar-refractivity contribution < 1.29 is 24.2 Å². The van der Waals surface area contributed by atoms with Crippen molar-refractivity contribution in [2.75, 3.05) is 6.07 Å². The van der Waals surface area contributed by atoms with Crippen molar-refractivity contribution in [2.24, 2.45) is 0 Å². The third kappa shape index (κ3) is 3.47. The van der Waals surface area contributed by atoms with E-state index in [0.29, 0.717) is 0 Å². The zero-order valence-electron chi connectivity index (χ0n) is 7.47. The van der Waals surface area contributed by atoms with E-state index in [9.17, 15) is 9.59 Å². The summed E-state index contributed by atoms with van der Waals surface area (Å²) >= 11 is 5.13. The van der Waals surface area contributed by atoms with Crippen molar-refractivity contribution in [3.8, 4) is 5.75 Å². The maximum Gasteiger partial charge on any atom is 0.515 e. The summed E-state index contributed by atoms with van der Waals surface area (Å²) in [6.07, 6.45) is -0.937. The molecular formula is C9H7ClO5.